The molecule has 1 saturated heterocycles. The Hall–Kier alpha value is -0.630. The van der Waals surface area contributed by atoms with Gasteiger partial charge in [0, 0.05) is 25.7 Å². The van der Waals surface area contributed by atoms with Gasteiger partial charge in [0.05, 0.1) is 6.20 Å². The van der Waals surface area contributed by atoms with Crippen molar-refractivity contribution < 1.29 is 8.42 Å². The van der Waals surface area contributed by atoms with Gasteiger partial charge in [0.2, 0.25) is 0 Å². The predicted octanol–water partition coefficient (Wildman–Crippen LogP) is 0.827. The van der Waals surface area contributed by atoms with E-state index in [4.69, 9.17) is 5.73 Å². The molecule has 19 heavy (non-hydrogen) atoms. The Morgan fingerprint density at radius 2 is 2.21 bits per heavy atom. The summed E-state index contributed by atoms with van der Waals surface area (Å²) in [5.41, 5.74) is 5.69. The molecule has 0 amide bonds. The zero-order valence-corrected chi connectivity index (χ0v) is 12.7. The second-order valence-electron chi connectivity index (χ2n) is 4.49. The van der Waals surface area contributed by atoms with Crippen LogP contribution in [0.2, 0.25) is 0 Å². The van der Waals surface area contributed by atoms with E-state index in [1.165, 1.54) is 10.9 Å². The number of nitrogens with two attached hydrogens (primary N) is 1. The largest absolute Gasteiger partial charge is 0.329 e. The highest BCUT2D eigenvalue weighted by molar-refractivity contribution is 7.89. The second kappa shape index (κ2) is 6.69. The number of sulfonamides is 1. The molecule has 110 valence electrons. The number of aromatic nitrogens is 2. The fraction of sp³-hybridized carbons (Fsp3) is 0.727. The Balaban J connectivity index is 0.00000180. The second-order valence-corrected chi connectivity index (χ2v) is 6.32. The monoisotopic (exact) mass is 308 g/mol. The molecule has 0 radical (unpaired) electrons. The van der Waals surface area contributed by atoms with Crippen molar-refractivity contribution in [2.45, 2.75) is 43.8 Å². The van der Waals surface area contributed by atoms with E-state index in [1.54, 1.807) is 10.4 Å². The molecule has 1 aromatic rings. The summed E-state index contributed by atoms with van der Waals surface area (Å²) in [6.07, 6.45) is 4.31. The molecule has 0 aromatic carbocycles. The maximum absolute atomic E-state index is 12.6. The van der Waals surface area contributed by atoms with Gasteiger partial charge in [-0.15, -0.1) is 12.4 Å². The summed E-state index contributed by atoms with van der Waals surface area (Å²) < 4.78 is 28.3. The van der Waals surface area contributed by atoms with Gasteiger partial charge < -0.3 is 5.73 Å². The van der Waals surface area contributed by atoms with Crippen LogP contribution in [0.3, 0.4) is 0 Å². The molecule has 6 nitrogen and oxygen atoms in total. The maximum atomic E-state index is 12.6. The Labute approximate surface area is 120 Å². The summed E-state index contributed by atoms with van der Waals surface area (Å²) >= 11 is 0. The highest BCUT2D eigenvalue weighted by Gasteiger charge is 2.34. The van der Waals surface area contributed by atoms with Crippen LogP contribution < -0.4 is 5.73 Å². The molecule has 1 unspecified atom stereocenters. The van der Waals surface area contributed by atoms with Crippen molar-refractivity contribution in [1.82, 2.24) is 14.1 Å². The van der Waals surface area contributed by atoms with Crippen LogP contribution in [0.5, 0.6) is 0 Å². The van der Waals surface area contributed by atoms with Crippen LogP contribution >= 0.6 is 12.4 Å². The van der Waals surface area contributed by atoms with Crippen LogP contribution in [-0.4, -0.2) is 41.6 Å². The van der Waals surface area contributed by atoms with Crippen molar-refractivity contribution in [2.24, 2.45) is 5.73 Å². The Morgan fingerprint density at radius 3 is 2.84 bits per heavy atom. The van der Waals surface area contributed by atoms with E-state index in [0.717, 1.165) is 19.3 Å². The summed E-state index contributed by atoms with van der Waals surface area (Å²) in [4.78, 5) is 0. The molecule has 2 N–H and O–H groups in total. The van der Waals surface area contributed by atoms with Crippen LogP contribution in [0.15, 0.2) is 17.3 Å². The van der Waals surface area contributed by atoms with E-state index < -0.39 is 10.0 Å². The van der Waals surface area contributed by atoms with Crippen molar-refractivity contribution >= 4 is 22.4 Å². The minimum absolute atomic E-state index is 0. The first-order valence-corrected chi connectivity index (χ1v) is 7.79. The number of hydrogen-bond acceptors (Lipinski definition) is 4. The first-order valence-electron chi connectivity index (χ1n) is 6.35. The third-order valence-electron chi connectivity index (χ3n) is 3.40. The first kappa shape index (κ1) is 16.4. The van der Waals surface area contributed by atoms with Gasteiger partial charge in [-0.3, -0.25) is 4.68 Å². The Morgan fingerprint density at radius 1 is 1.47 bits per heavy atom. The van der Waals surface area contributed by atoms with Gasteiger partial charge in [-0.2, -0.15) is 9.40 Å². The van der Waals surface area contributed by atoms with Gasteiger partial charge >= 0.3 is 0 Å². The normalized spacial score (nSPS) is 21.1. The van der Waals surface area contributed by atoms with Crippen LogP contribution in [0.1, 0.15) is 26.2 Å². The number of nitrogens with zero attached hydrogens (tertiary/aromatic N) is 3. The quantitative estimate of drug-likeness (QED) is 0.893. The summed E-state index contributed by atoms with van der Waals surface area (Å²) in [5, 5.41) is 4.30. The Bertz CT molecular complexity index is 503. The third kappa shape index (κ3) is 3.10. The van der Waals surface area contributed by atoms with Crippen molar-refractivity contribution in [3.05, 3.63) is 12.3 Å². The number of hydrogen-bond donors (Lipinski definition) is 1. The van der Waals surface area contributed by atoms with Gasteiger partial charge in [-0.05, 0) is 25.8 Å². The van der Waals surface area contributed by atoms with E-state index in [-0.39, 0.29) is 23.5 Å². The minimum Gasteiger partial charge on any atom is -0.329 e. The van der Waals surface area contributed by atoms with Crippen LogP contribution in [0.4, 0.5) is 0 Å². The number of piperidine rings is 1. The molecule has 1 aromatic heterocycles. The number of rotatable bonds is 4. The van der Waals surface area contributed by atoms with Crippen molar-refractivity contribution in [1.29, 1.82) is 0 Å². The zero-order valence-electron chi connectivity index (χ0n) is 11.0. The SMILES string of the molecule is CCn1nccc1S(=O)(=O)N1CCCCC1CN.Cl. The lowest BCUT2D eigenvalue weighted by Gasteiger charge is -2.33. The van der Waals surface area contributed by atoms with E-state index in [1.807, 2.05) is 6.92 Å². The van der Waals surface area contributed by atoms with Crippen molar-refractivity contribution in [3.63, 3.8) is 0 Å². The maximum Gasteiger partial charge on any atom is 0.260 e. The highest BCUT2D eigenvalue weighted by atomic mass is 35.5. The molecule has 1 atom stereocenters. The lowest BCUT2D eigenvalue weighted by atomic mass is 10.1. The molecular weight excluding hydrogens is 288 g/mol. The molecule has 1 aliphatic rings. The molecule has 2 rings (SSSR count). The average molecular weight is 309 g/mol. The summed E-state index contributed by atoms with van der Waals surface area (Å²) in [7, 11) is -3.47. The van der Waals surface area contributed by atoms with Gasteiger partial charge in [0.15, 0.2) is 5.03 Å². The van der Waals surface area contributed by atoms with Crippen LogP contribution in [0, 0.1) is 0 Å². The number of halogens is 1. The smallest absolute Gasteiger partial charge is 0.260 e. The van der Waals surface area contributed by atoms with E-state index in [2.05, 4.69) is 5.10 Å². The highest BCUT2D eigenvalue weighted by Crippen LogP contribution is 2.24. The molecule has 0 saturated carbocycles. The molecule has 0 spiro atoms. The lowest BCUT2D eigenvalue weighted by molar-refractivity contribution is 0.255. The molecule has 0 aliphatic carbocycles. The van der Waals surface area contributed by atoms with E-state index >= 15 is 0 Å². The van der Waals surface area contributed by atoms with Gasteiger partial charge in [0.25, 0.3) is 10.0 Å². The third-order valence-corrected chi connectivity index (χ3v) is 5.37. The molecule has 1 fully saturated rings. The summed E-state index contributed by atoms with van der Waals surface area (Å²) in [5.74, 6) is 0. The summed E-state index contributed by atoms with van der Waals surface area (Å²) in [6, 6.07) is 1.48. The van der Waals surface area contributed by atoms with Crippen molar-refractivity contribution in [3.8, 4) is 0 Å². The molecular formula is C11H21ClN4O2S. The first-order chi connectivity index (χ1) is 8.61. The summed E-state index contributed by atoms with van der Waals surface area (Å²) in [6.45, 7) is 3.35. The van der Waals surface area contributed by atoms with Crippen LogP contribution in [-0.2, 0) is 16.6 Å². The predicted molar refractivity (Wildman–Crippen MR) is 75.7 cm³/mol. The fourth-order valence-corrected chi connectivity index (χ4v) is 4.29. The standard InChI is InChI=1S/C11H20N4O2S.ClH/c1-2-14-11(6-7-13-14)18(16,17)15-8-4-3-5-10(15)9-12;/h6-7,10H,2-5,8-9,12H2,1H3;1H. The van der Waals surface area contributed by atoms with Gasteiger partial charge in [0.1, 0.15) is 0 Å². The van der Waals surface area contributed by atoms with E-state index in [0.29, 0.717) is 19.6 Å². The molecule has 2 heterocycles. The van der Waals surface area contributed by atoms with Crippen molar-refractivity contribution in [2.75, 3.05) is 13.1 Å². The average Bonchev–Trinajstić information content (AvgIpc) is 2.87. The molecule has 8 heteroatoms. The minimum atomic E-state index is -3.47. The number of aryl methyl sites for hydroxylation is 1. The lowest BCUT2D eigenvalue weighted by Crippen LogP contribution is -2.47. The van der Waals surface area contributed by atoms with Gasteiger partial charge in [-0.1, -0.05) is 6.42 Å². The topological polar surface area (TPSA) is 81.2 Å². The zero-order chi connectivity index (χ0) is 13.2. The molecule has 1 aliphatic heterocycles. The van der Waals surface area contributed by atoms with E-state index in [9.17, 15) is 8.42 Å². The molecule has 0 bridgehead atoms. The fourth-order valence-electron chi connectivity index (χ4n) is 2.42. The van der Waals surface area contributed by atoms with Crippen LogP contribution in [0.25, 0.3) is 0 Å². The Kier molecular flexibility index (Phi) is 5.79. The van der Waals surface area contributed by atoms with Gasteiger partial charge in [-0.25, -0.2) is 8.42 Å².